The van der Waals surface area contributed by atoms with E-state index in [0.717, 1.165) is 22.6 Å². The molecule has 1 aliphatic heterocycles. The van der Waals surface area contributed by atoms with Crippen LogP contribution >= 0.6 is 0 Å². The van der Waals surface area contributed by atoms with Crippen LogP contribution in [0.25, 0.3) is 11.1 Å². The molecule has 3 heteroatoms. The number of allylic oxidation sites excluding steroid dienone is 1. The van der Waals surface area contributed by atoms with Crippen LogP contribution in [-0.2, 0) is 4.79 Å². The van der Waals surface area contributed by atoms with Gasteiger partial charge in [0.2, 0.25) is 0 Å². The summed E-state index contributed by atoms with van der Waals surface area (Å²) in [7, 11) is 0. The number of para-hydroxylation sites is 1. The SMILES string of the molecule is CC(=C1C(=O)Nc2ccccc21)c1ccco1. The van der Waals surface area contributed by atoms with Gasteiger partial charge in [-0.3, -0.25) is 4.79 Å². The summed E-state index contributed by atoms with van der Waals surface area (Å²) in [5.74, 6) is 0.659. The second kappa shape index (κ2) is 3.63. The van der Waals surface area contributed by atoms with Gasteiger partial charge in [-0.1, -0.05) is 18.2 Å². The zero-order valence-electron chi connectivity index (χ0n) is 9.36. The number of nitrogens with one attached hydrogen (secondary N) is 1. The first-order valence-corrected chi connectivity index (χ1v) is 5.43. The van der Waals surface area contributed by atoms with Crippen molar-refractivity contribution < 1.29 is 9.21 Å². The summed E-state index contributed by atoms with van der Waals surface area (Å²) in [5, 5.41) is 2.85. The lowest BCUT2D eigenvalue weighted by Crippen LogP contribution is -2.04. The van der Waals surface area contributed by atoms with Gasteiger partial charge in [0.25, 0.3) is 5.91 Å². The molecule has 0 bridgehead atoms. The van der Waals surface area contributed by atoms with E-state index in [-0.39, 0.29) is 5.91 Å². The van der Waals surface area contributed by atoms with Gasteiger partial charge in [-0.2, -0.15) is 0 Å². The summed E-state index contributed by atoms with van der Waals surface area (Å²) in [4.78, 5) is 12.0. The van der Waals surface area contributed by atoms with Crippen LogP contribution in [0.3, 0.4) is 0 Å². The third kappa shape index (κ3) is 1.47. The molecule has 17 heavy (non-hydrogen) atoms. The molecular formula is C14H11NO2. The molecule has 84 valence electrons. The zero-order chi connectivity index (χ0) is 11.8. The highest BCUT2D eigenvalue weighted by Crippen LogP contribution is 2.36. The zero-order valence-corrected chi connectivity index (χ0v) is 9.36. The maximum absolute atomic E-state index is 12.0. The molecule has 0 fully saturated rings. The van der Waals surface area contributed by atoms with Crippen LogP contribution < -0.4 is 5.32 Å². The standard InChI is InChI=1S/C14H11NO2/c1-9(12-7-4-8-17-12)13-10-5-2-3-6-11(10)15-14(13)16/h2-8H,1H3,(H,15,16). The maximum Gasteiger partial charge on any atom is 0.256 e. The van der Waals surface area contributed by atoms with Gasteiger partial charge in [0.15, 0.2) is 0 Å². The molecule has 0 atom stereocenters. The van der Waals surface area contributed by atoms with Crippen LogP contribution in [0.5, 0.6) is 0 Å². The van der Waals surface area contributed by atoms with Crippen molar-refractivity contribution in [2.45, 2.75) is 6.92 Å². The first-order chi connectivity index (χ1) is 8.27. The number of hydrogen-bond donors (Lipinski definition) is 1. The lowest BCUT2D eigenvalue weighted by atomic mass is 10.0. The van der Waals surface area contributed by atoms with E-state index in [1.54, 1.807) is 6.26 Å². The first kappa shape index (κ1) is 9.90. The number of carbonyl (C=O) groups excluding carboxylic acids is 1. The number of amides is 1. The van der Waals surface area contributed by atoms with Crippen LogP contribution in [0.15, 0.2) is 47.1 Å². The number of fused-ring (bicyclic) bond motifs is 1. The van der Waals surface area contributed by atoms with Crippen molar-refractivity contribution in [1.82, 2.24) is 0 Å². The number of benzene rings is 1. The molecule has 1 aromatic heterocycles. The number of anilines is 1. The third-order valence-electron chi connectivity index (χ3n) is 2.94. The van der Waals surface area contributed by atoms with Gasteiger partial charge in [-0.25, -0.2) is 0 Å². The van der Waals surface area contributed by atoms with Crippen LogP contribution in [0.2, 0.25) is 0 Å². The Hall–Kier alpha value is -2.29. The normalized spacial score (nSPS) is 16.6. The minimum atomic E-state index is -0.0694. The van der Waals surface area contributed by atoms with Crippen molar-refractivity contribution >= 4 is 22.7 Å². The molecule has 0 saturated heterocycles. The minimum Gasteiger partial charge on any atom is -0.465 e. The van der Waals surface area contributed by atoms with E-state index in [1.807, 2.05) is 43.3 Å². The molecule has 3 rings (SSSR count). The summed E-state index contributed by atoms with van der Waals surface area (Å²) in [6, 6.07) is 11.3. The van der Waals surface area contributed by atoms with Gasteiger partial charge in [0.1, 0.15) is 5.76 Å². The summed E-state index contributed by atoms with van der Waals surface area (Å²) in [6.07, 6.45) is 1.61. The Bertz CT molecular complexity index is 609. The van der Waals surface area contributed by atoms with Crippen molar-refractivity contribution in [2.24, 2.45) is 0 Å². The van der Waals surface area contributed by atoms with E-state index in [0.29, 0.717) is 5.57 Å². The fraction of sp³-hybridized carbons (Fsp3) is 0.0714. The molecule has 1 aromatic carbocycles. The Kier molecular flexibility index (Phi) is 2.11. The number of rotatable bonds is 1. The first-order valence-electron chi connectivity index (χ1n) is 5.43. The minimum absolute atomic E-state index is 0.0694. The predicted molar refractivity (Wildman–Crippen MR) is 66.3 cm³/mol. The van der Waals surface area contributed by atoms with E-state index in [2.05, 4.69) is 5.32 Å². The van der Waals surface area contributed by atoms with E-state index < -0.39 is 0 Å². The maximum atomic E-state index is 12.0. The smallest absolute Gasteiger partial charge is 0.256 e. The van der Waals surface area contributed by atoms with Crippen molar-refractivity contribution in [3.05, 3.63) is 54.0 Å². The molecule has 2 aromatic rings. The van der Waals surface area contributed by atoms with E-state index in [9.17, 15) is 4.79 Å². The second-order valence-corrected chi connectivity index (χ2v) is 3.98. The van der Waals surface area contributed by atoms with Crippen molar-refractivity contribution in [1.29, 1.82) is 0 Å². The Morgan fingerprint density at radius 2 is 2.00 bits per heavy atom. The second-order valence-electron chi connectivity index (χ2n) is 3.98. The molecular weight excluding hydrogens is 214 g/mol. The Balaban J connectivity index is 2.22. The fourth-order valence-electron chi connectivity index (χ4n) is 2.10. The van der Waals surface area contributed by atoms with Gasteiger partial charge in [0, 0.05) is 16.8 Å². The van der Waals surface area contributed by atoms with Crippen LogP contribution in [0.4, 0.5) is 5.69 Å². The average Bonchev–Trinajstić information content (AvgIpc) is 2.94. The van der Waals surface area contributed by atoms with Crippen LogP contribution in [-0.4, -0.2) is 5.91 Å². The van der Waals surface area contributed by atoms with Gasteiger partial charge >= 0.3 is 0 Å². The van der Waals surface area contributed by atoms with Crippen LogP contribution in [0, 0.1) is 0 Å². The summed E-state index contributed by atoms with van der Waals surface area (Å²) >= 11 is 0. The monoisotopic (exact) mass is 225 g/mol. The number of furan rings is 1. The molecule has 1 amide bonds. The highest BCUT2D eigenvalue weighted by molar-refractivity contribution is 6.36. The molecule has 0 spiro atoms. The highest BCUT2D eigenvalue weighted by atomic mass is 16.3. The summed E-state index contributed by atoms with van der Waals surface area (Å²) in [6.45, 7) is 1.90. The molecule has 0 radical (unpaired) electrons. The predicted octanol–water partition coefficient (Wildman–Crippen LogP) is 3.16. The Labute approximate surface area is 98.8 Å². The van der Waals surface area contributed by atoms with E-state index in [4.69, 9.17) is 4.42 Å². The fourth-order valence-corrected chi connectivity index (χ4v) is 2.10. The topological polar surface area (TPSA) is 42.2 Å². The van der Waals surface area contributed by atoms with Gasteiger partial charge in [0.05, 0.1) is 11.8 Å². The third-order valence-corrected chi connectivity index (χ3v) is 2.94. The molecule has 1 aliphatic rings. The van der Waals surface area contributed by atoms with E-state index >= 15 is 0 Å². The largest absolute Gasteiger partial charge is 0.465 e. The van der Waals surface area contributed by atoms with Crippen molar-refractivity contribution in [3.8, 4) is 0 Å². The molecule has 1 N–H and O–H groups in total. The van der Waals surface area contributed by atoms with Crippen molar-refractivity contribution in [2.75, 3.05) is 5.32 Å². The number of hydrogen-bond acceptors (Lipinski definition) is 2. The molecule has 3 nitrogen and oxygen atoms in total. The van der Waals surface area contributed by atoms with E-state index in [1.165, 1.54) is 0 Å². The van der Waals surface area contributed by atoms with Crippen LogP contribution in [0.1, 0.15) is 18.2 Å². The van der Waals surface area contributed by atoms with Gasteiger partial charge in [-0.05, 0) is 25.1 Å². The Morgan fingerprint density at radius 3 is 2.76 bits per heavy atom. The molecule has 0 saturated carbocycles. The van der Waals surface area contributed by atoms with Crippen molar-refractivity contribution in [3.63, 3.8) is 0 Å². The number of carbonyl (C=O) groups is 1. The average molecular weight is 225 g/mol. The van der Waals surface area contributed by atoms with Gasteiger partial charge in [-0.15, -0.1) is 0 Å². The highest BCUT2D eigenvalue weighted by Gasteiger charge is 2.26. The van der Waals surface area contributed by atoms with Gasteiger partial charge < -0.3 is 9.73 Å². The summed E-state index contributed by atoms with van der Waals surface area (Å²) < 4.78 is 5.33. The Morgan fingerprint density at radius 1 is 1.18 bits per heavy atom. The lowest BCUT2D eigenvalue weighted by molar-refractivity contribution is -0.110. The summed E-state index contributed by atoms with van der Waals surface area (Å²) in [5.41, 5.74) is 3.35. The quantitative estimate of drug-likeness (QED) is 0.757. The molecule has 0 unspecified atom stereocenters. The molecule has 0 aliphatic carbocycles. The lowest BCUT2D eigenvalue weighted by Gasteiger charge is -2.02. The molecule has 2 heterocycles.